The van der Waals surface area contributed by atoms with Gasteiger partial charge in [-0.3, -0.25) is 24.6 Å². The van der Waals surface area contributed by atoms with Crippen molar-refractivity contribution in [2.24, 2.45) is 11.7 Å². The molecule has 3 N–H and O–H groups in total. The first-order valence-corrected chi connectivity index (χ1v) is 4.91. The Balaban J connectivity index is 2.85. The van der Waals surface area contributed by atoms with E-state index in [9.17, 15) is 19.2 Å². The third-order valence-corrected chi connectivity index (χ3v) is 2.25. The molecule has 0 aromatic heterocycles. The lowest BCUT2D eigenvalue weighted by molar-refractivity contribution is -0.144. The fourth-order valence-electron chi connectivity index (χ4n) is 1.51. The van der Waals surface area contributed by atoms with Crippen LogP contribution in [0.4, 0.5) is 4.79 Å². The number of barbiturate groups is 1. The summed E-state index contributed by atoms with van der Waals surface area (Å²) in [5.41, 5.74) is 4.90. The standard InChI is InChI=1S/C9H13N3O4/c1-2-3-5-7(14)11-9(16)12(8(5)15)4-6(10)13/h5H,2-4H2,1H3,(H2,10,13)(H,11,14,16). The van der Waals surface area contributed by atoms with Gasteiger partial charge in [-0.2, -0.15) is 0 Å². The number of hydrogen-bond acceptors (Lipinski definition) is 4. The van der Waals surface area contributed by atoms with Crippen LogP contribution in [0.1, 0.15) is 19.8 Å². The van der Waals surface area contributed by atoms with Gasteiger partial charge in [0.1, 0.15) is 12.5 Å². The number of rotatable bonds is 4. The molecule has 0 aliphatic carbocycles. The number of hydrogen-bond donors (Lipinski definition) is 2. The highest BCUT2D eigenvalue weighted by molar-refractivity contribution is 6.17. The molecule has 0 saturated carbocycles. The Bertz CT molecular complexity index is 353. The van der Waals surface area contributed by atoms with Gasteiger partial charge in [0.05, 0.1) is 0 Å². The third kappa shape index (κ3) is 2.36. The number of carbonyl (C=O) groups is 4. The molecule has 0 spiro atoms. The van der Waals surface area contributed by atoms with Crippen LogP contribution in [0.2, 0.25) is 0 Å². The molecule has 1 aliphatic heterocycles. The number of imide groups is 2. The maximum absolute atomic E-state index is 11.7. The molecule has 88 valence electrons. The Morgan fingerprint density at radius 3 is 2.56 bits per heavy atom. The van der Waals surface area contributed by atoms with E-state index >= 15 is 0 Å². The van der Waals surface area contributed by atoms with Crippen LogP contribution in [0.15, 0.2) is 0 Å². The largest absolute Gasteiger partial charge is 0.368 e. The van der Waals surface area contributed by atoms with Gasteiger partial charge in [0.25, 0.3) is 0 Å². The van der Waals surface area contributed by atoms with Gasteiger partial charge in [0.2, 0.25) is 17.7 Å². The predicted molar refractivity (Wildman–Crippen MR) is 52.8 cm³/mol. The van der Waals surface area contributed by atoms with Crippen molar-refractivity contribution in [2.45, 2.75) is 19.8 Å². The number of nitrogens with zero attached hydrogens (tertiary/aromatic N) is 1. The zero-order valence-electron chi connectivity index (χ0n) is 8.86. The summed E-state index contributed by atoms with van der Waals surface area (Å²) in [5.74, 6) is -2.97. The maximum Gasteiger partial charge on any atom is 0.331 e. The minimum Gasteiger partial charge on any atom is -0.368 e. The Labute approximate surface area is 91.9 Å². The number of amides is 5. The highest BCUT2D eigenvalue weighted by Gasteiger charge is 2.40. The second-order valence-corrected chi connectivity index (χ2v) is 3.53. The molecule has 0 radical (unpaired) electrons. The zero-order chi connectivity index (χ0) is 12.3. The molecule has 1 heterocycles. The highest BCUT2D eigenvalue weighted by atomic mass is 16.2. The molecular formula is C9H13N3O4. The average molecular weight is 227 g/mol. The van der Waals surface area contributed by atoms with E-state index in [0.717, 1.165) is 0 Å². The van der Waals surface area contributed by atoms with Crippen LogP contribution in [-0.2, 0) is 14.4 Å². The lowest BCUT2D eigenvalue weighted by Gasteiger charge is -2.28. The Kier molecular flexibility index (Phi) is 3.60. The van der Waals surface area contributed by atoms with Crippen molar-refractivity contribution in [2.75, 3.05) is 6.54 Å². The summed E-state index contributed by atoms with van der Waals surface area (Å²) in [4.78, 5) is 45.7. The van der Waals surface area contributed by atoms with E-state index in [1.54, 1.807) is 0 Å². The Hall–Kier alpha value is -1.92. The number of urea groups is 1. The van der Waals surface area contributed by atoms with E-state index in [1.807, 2.05) is 12.2 Å². The van der Waals surface area contributed by atoms with Crippen molar-refractivity contribution in [1.82, 2.24) is 10.2 Å². The first-order valence-electron chi connectivity index (χ1n) is 4.91. The van der Waals surface area contributed by atoms with Gasteiger partial charge < -0.3 is 5.73 Å². The molecule has 1 saturated heterocycles. The SMILES string of the molecule is CCCC1C(=O)NC(=O)N(CC(N)=O)C1=O. The van der Waals surface area contributed by atoms with Crippen molar-refractivity contribution < 1.29 is 19.2 Å². The molecule has 1 aliphatic rings. The molecule has 0 bridgehead atoms. The smallest absolute Gasteiger partial charge is 0.331 e. The second kappa shape index (κ2) is 4.73. The van der Waals surface area contributed by atoms with Crippen molar-refractivity contribution in [3.63, 3.8) is 0 Å². The molecule has 1 atom stereocenters. The quantitative estimate of drug-likeness (QED) is 0.598. The summed E-state index contributed by atoms with van der Waals surface area (Å²) >= 11 is 0. The molecular weight excluding hydrogens is 214 g/mol. The highest BCUT2D eigenvalue weighted by Crippen LogP contribution is 2.15. The van der Waals surface area contributed by atoms with E-state index in [1.165, 1.54) is 0 Å². The molecule has 1 rings (SSSR count). The lowest BCUT2D eigenvalue weighted by Crippen LogP contribution is -2.59. The van der Waals surface area contributed by atoms with Gasteiger partial charge in [0.15, 0.2) is 0 Å². The summed E-state index contributed by atoms with van der Waals surface area (Å²) in [6.45, 7) is 1.31. The van der Waals surface area contributed by atoms with Crippen LogP contribution in [-0.4, -0.2) is 35.2 Å². The summed E-state index contributed by atoms with van der Waals surface area (Å²) < 4.78 is 0. The molecule has 0 aromatic carbocycles. The fourth-order valence-corrected chi connectivity index (χ4v) is 1.51. The first-order chi connectivity index (χ1) is 7.47. The molecule has 1 unspecified atom stereocenters. The minimum absolute atomic E-state index is 0.340. The van der Waals surface area contributed by atoms with Crippen molar-refractivity contribution in [3.05, 3.63) is 0 Å². The van der Waals surface area contributed by atoms with Crippen LogP contribution in [0, 0.1) is 5.92 Å². The molecule has 7 heteroatoms. The van der Waals surface area contributed by atoms with Gasteiger partial charge >= 0.3 is 6.03 Å². The van der Waals surface area contributed by atoms with Crippen LogP contribution < -0.4 is 11.1 Å². The monoisotopic (exact) mass is 227 g/mol. The van der Waals surface area contributed by atoms with E-state index in [2.05, 4.69) is 0 Å². The van der Waals surface area contributed by atoms with Crippen LogP contribution >= 0.6 is 0 Å². The fraction of sp³-hybridized carbons (Fsp3) is 0.556. The number of primary amides is 1. The first kappa shape index (κ1) is 12.2. The van der Waals surface area contributed by atoms with E-state index in [0.29, 0.717) is 17.7 Å². The zero-order valence-corrected chi connectivity index (χ0v) is 8.86. The van der Waals surface area contributed by atoms with Gasteiger partial charge in [-0.1, -0.05) is 13.3 Å². The lowest BCUT2D eigenvalue weighted by atomic mass is 9.99. The van der Waals surface area contributed by atoms with Crippen LogP contribution in [0.3, 0.4) is 0 Å². The van der Waals surface area contributed by atoms with Gasteiger partial charge in [0, 0.05) is 0 Å². The Morgan fingerprint density at radius 1 is 1.44 bits per heavy atom. The molecule has 0 aromatic rings. The maximum atomic E-state index is 11.7. The van der Waals surface area contributed by atoms with Crippen molar-refractivity contribution in [3.8, 4) is 0 Å². The Morgan fingerprint density at radius 2 is 2.06 bits per heavy atom. The summed E-state index contributed by atoms with van der Waals surface area (Å²) in [5, 5.41) is 2.02. The molecule has 7 nitrogen and oxygen atoms in total. The van der Waals surface area contributed by atoms with Crippen molar-refractivity contribution in [1.29, 1.82) is 0 Å². The van der Waals surface area contributed by atoms with Gasteiger partial charge in [-0.05, 0) is 6.42 Å². The number of nitrogens with two attached hydrogens (primary N) is 1. The normalized spacial score (nSPS) is 20.9. The number of nitrogens with one attached hydrogen (secondary N) is 1. The summed E-state index contributed by atoms with van der Waals surface area (Å²) in [7, 11) is 0. The van der Waals surface area contributed by atoms with Crippen molar-refractivity contribution >= 4 is 23.8 Å². The molecule has 16 heavy (non-hydrogen) atoms. The van der Waals surface area contributed by atoms with Crippen LogP contribution in [0.25, 0.3) is 0 Å². The average Bonchev–Trinajstić information content (AvgIpc) is 2.19. The van der Waals surface area contributed by atoms with Gasteiger partial charge in [-0.25, -0.2) is 4.79 Å². The molecule has 5 amide bonds. The third-order valence-electron chi connectivity index (χ3n) is 2.25. The second-order valence-electron chi connectivity index (χ2n) is 3.53. The summed E-state index contributed by atoms with van der Waals surface area (Å²) in [6, 6.07) is -0.888. The van der Waals surface area contributed by atoms with E-state index < -0.39 is 36.2 Å². The summed E-state index contributed by atoms with van der Waals surface area (Å²) in [6.07, 6.45) is 0.968. The van der Waals surface area contributed by atoms with E-state index in [4.69, 9.17) is 5.73 Å². The minimum atomic E-state index is -0.901. The van der Waals surface area contributed by atoms with E-state index in [-0.39, 0.29) is 0 Å². The topological polar surface area (TPSA) is 110 Å². The predicted octanol–water partition coefficient (Wildman–Crippen LogP) is -1.03. The molecule has 1 fully saturated rings. The van der Waals surface area contributed by atoms with Gasteiger partial charge in [-0.15, -0.1) is 0 Å². The van der Waals surface area contributed by atoms with Crippen LogP contribution in [0.5, 0.6) is 0 Å². The number of carbonyl (C=O) groups excluding carboxylic acids is 4.